The van der Waals surface area contributed by atoms with E-state index in [0.29, 0.717) is 35.2 Å². The normalized spacial score (nSPS) is 10.5. The Hall–Kier alpha value is -3.48. The number of amides is 1. The Balaban J connectivity index is 1.80. The molecule has 152 valence electrons. The van der Waals surface area contributed by atoms with Gasteiger partial charge in [0.15, 0.2) is 11.5 Å². The second-order valence-corrected chi connectivity index (χ2v) is 6.41. The molecule has 2 aromatic carbocycles. The van der Waals surface area contributed by atoms with Crippen LogP contribution in [-0.4, -0.2) is 37.0 Å². The molecule has 0 atom stereocenters. The minimum Gasteiger partial charge on any atom is -0.493 e. The predicted octanol–water partition coefficient (Wildman–Crippen LogP) is 3.77. The second kappa shape index (κ2) is 9.14. The Morgan fingerprint density at radius 3 is 2.14 bits per heavy atom. The monoisotopic (exact) mass is 395 g/mol. The maximum Gasteiger partial charge on any atom is 0.257 e. The SMILES string of the molecule is CCc1ccc(Cn2nccc2NC(=O)c2cc(OC)c(OC)c(OC)c2)cc1. The maximum atomic E-state index is 12.8. The van der Waals surface area contributed by atoms with Crippen molar-refractivity contribution in [3.63, 3.8) is 0 Å². The number of rotatable bonds is 8. The van der Waals surface area contributed by atoms with E-state index in [1.165, 1.54) is 26.9 Å². The van der Waals surface area contributed by atoms with Crippen LogP contribution in [0.4, 0.5) is 5.82 Å². The van der Waals surface area contributed by atoms with Crippen LogP contribution >= 0.6 is 0 Å². The van der Waals surface area contributed by atoms with Crippen molar-refractivity contribution >= 4 is 11.7 Å². The molecule has 7 heteroatoms. The number of nitrogens with one attached hydrogen (secondary N) is 1. The Morgan fingerprint density at radius 2 is 1.59 bits per heavy atom. The zero-order valence-electron chi connectivity index (χ0n) is 17.1. The summed E-state index contributed by atoms with van der Waals surface area (Å²) in [7, 11) is 4.54. The first-order chi connectivity index (χ1) is 14.1. The molecule has 0 bridgehead atoms. The summed E-state index contributed by atoms with van der Waals surface area (Å²) in [5.74, 6) is 1.57. The highest BCUT2D eigenvalue weighted by Crippen LogP contribution is 2.38. The first kappa shape index (κ1) is 20.3. The number of aromatic nitrogens is 2. The van der Waals surface area contributed by atoms with Gasteiger partial charge in [0.05, 0.1) is 34.1 Å². The van der Waals surface area contributed by atoms with Crippen molar-refractivity contribution in [2.75, 3.05) is 26.6 Å². The fraction of sp³-hybridized carbons (Fsp3) is 0.273. The molecule has 0 aliphatic carbocycles. The van der Waals surface area contributed by atoms with Crippen molar-refractivity contribution in [1.29, 1.82) is 0 Å². The number of methoxy groups -OCH3 is 3. The molecule has 7 nitrogen and oxygen atoms in total. The summed E-state index contributed by atoms with van der Waals surface area (Å²) in [5, 5.41) is 7.23. The maximum absolute atomic E-state index is 12.8. The van der Waals surface area contributed by atoms with Crippen LogP contribution in [0.25, 0.3) is 0 Å². The molecular formula is C22H25N3O4. The molecule has 1 heterocycles. The van der Waals surface area contributed by atoms with Crippen molar-refractivity contribution < 1.29 is 19.0 Å². The van der Waals surface area contributed by atoms with Crippen LogP contribution in [0, 0.1) is 0 Å². The lowest BCUT2D eigenvalue weighted by atomic mass is 10.1. The average molecular weight is 395 g/mol. The zero-order chi connectivity index (χ0) is 20.8. The fourth-order valence-corrected chi connectivity index (χ4v) is 3.02. The Bertz CT molecular complexity index is 955. The Kier molecular flexibility index (Phi) is 6.39. The number of hydrogen-bond acceptors (Lipinski definition) is 5. The summed E-state index contributed by atoms with van der Waals surface area (Å²) < 4.78 is 17.7. The van der Waals surface area contributed by atoms with E-state index in [1.54, 1.807) is 29.1 Å². The lowest BCUT2D eigenvalue weighted by Crippen LogP contribution is -2.16. The molecule has 0 saturated carbocycles. The summed E-state index contributed by atoms with van der Waals surface area (Å²) in [4.78, 5) is 12.8. The number of carbonyl (C=O) groups is 1. The molecular weight excluding hydrogens is 370 g/mol. The molecule has 1 amide bonds. The van der Waals surface area contributed by atoms with Crippen LogP contribution in [0.1, 0.15) is 28.4 Å². The zero-order valence-corrected chi connectivity index (χ0v) is 17.1. The first-order valence-electron chi connectivity index (χ1n) is 9.30. The number of ether oxygens (including phenoxy) is 3. The van der Waals surface area contributed by atoms with Gasteiger partial charge in [-0.15, -0.1) is 0 Å². The Morgan fingerprint density at radius 1 is 0.966 bits per heavy atom. The lowest BCUT2D eigenvalue weighted by molar-refractivity contribution is 0.102. The molecule has 0 saturated heterocycles. The van der Waals surface area contributed by atoms with E-state index in [9.17, 15) is 4.79 Å². The molecule has 3 rings (SSSR count). The number of benzene rings is 2. The van der Waals surface area contributed by atoms with Gasteiger partial charge in [0.2, 0.25) is 5.75 Å². The van der Waals surface area contributed by atoms with E-state index in [-0.39, 0.29) is 5.91 Å². The van der Waals surface area contributed by atoms with Gasteiger partial charge in [-0.05, 0) is 29.7 Å². The summed E-state index contributed by atoms with van der Waals surface area (Å²) in [6, 6.07) is 13.3. The molecule has 29 heavy (non-hydrogen) atoms. The van der Waals surface area contributed by atoms with Gasteiger partial charge in [0, 0.05) is 11.6 Å². The van der Waals surface area contributed by atoms with Gasteiger partial charge >= 0.3 is 0 Å². The van der Waals surface area contributed by atoms with Crippen molar-refractivity contribution in [2.24, 2.45) is 0 Å². The van der Waals surface area contributed by atoms with E-state index in [0.717, 1.165) is 12.0 Å². The standard InChI is InChI=1S/C22H25N3O4/c1-5-15-6-8-16(9-7-15)14-25-20(10-11-23-25)24-22(26)17-12-18(27-2)21(29-4)19(13-17)28-3/h6-13H,5,14H2,1-4H3,(H,24,26). The van der Waals surface area contributed by atoms with Crippen LogP contribution < -0.4 is 19.5 Å². The number of anilines is 1. The second-order valence-electron chi connectivity index (χ2n) is 6.41. The number of aryl methyl sites for hydroxylation is 1. The van der Waals surface area contributed by atoms with E-state index in [2.05, 4.69) is 41.6 Å². The number of carbonyl (C=O) groups excluding carboxylic acids is 1. The van der Waals surface area contributed by atoms with E-state index in [4.69, 9.17) is 14.2 Å². The Labute approximate surface area is 170 Å². The van der Waals surface area contributed by atoms with Gasteiger partial charge in [-0.2, -0.15) is 5.10 Å². The van der Waals surface area contributed by atoms with Crippen LogP contribution in [0.3, 0.4) is 0 Å². The van der Waals surface area contributed by atoms with Gasteiger partial charge in [0.25, 0.3) is 5.91 Å². The highest BCUT2D eigenvalue weighted by molar-refractivity contribution is 6.04. The molecule has 0 unspecified atom stereocenters. The van der Waals surface area contributed by atoms with Crippen molar-refractivity contribution in [2.45, 2.75) is 19.9 Å². The van der Waals surface area contributed by atoms with Crippen LogP contribution in [-0.2, 0) is 13.0 Å². The molecule has 0 fully saturated rings. The third kappa shape index (κ3) is 4.51. The van der Waals surface area contributed by atoms with Gasteiger partial charge in [-0.1, -0.05) is 31.2 Å². The fourth-order valence-electron chi connectivity index (χ4n) is 3.02. The lowest BCUT2D eigenvalue weighted by Gasteiger charge is -2.14. The smallest absolute Gasteiger partial charge is 0.257 e. The highest BCUT2D eigenvalue weighted by atomic mass is 16.5. The molecule has 3 aromatic rings. The summed E-state index contributed by atoms with van der Waals surface area (Å²) >= 11 is 0. The van der Waals surface area contributed by atoms with E-state index < -0.39 is 0 Å². The van der Waals surface area contributed by atoms with Crippen molar-refractivity contribution in [3.05, 3.63) is 65.4 Å². The minimum absolute atomic E-state index is 0.299. The predicted molar refractivity (Wildman–Crippen MR) is 111 cm³/mol. The summed E-state index contributed by atoms with van der Waals surface area (Å²) in [6.45, 7) is 2.68. The van der Waals surface area contributed by atoms with Crippen molar-refractivity contribution in [1.82, 2.24) is 9.78 Å². The summed E-state index contributed by atoms with van der Waals surface area (Å²) in [6.07, 6.45) is 2.66. The van der Waals surface area contributed by atoms with E-state index in [1.807, 2.05) is 0 Å². The topological polar surface area (TPSA) is 74.6 Å². The number of nitrogens with zero attached hydrogens (tertiary/aromatic N) is 2. The van der Waals surface area contributed by atoms with Gasteiger partial charge in [-0.3, -0.25) is 4.79 Å². The molecule has 1 aromatic heterocycles. The average Bonchev–Trinajstić information content (AvgIpc) is 3.19. The third-order valence-electron chi connectivity index (χ3n) is 4.65. The quantitative estimate of drug-likeness (QED) is 0.628. The highest BCUT2D eigenvalue weighted by Gasteiger charge is 2.18. The van der Waals surface area contributed by atoms with Crippen molar-refractivity contribution in [3.8, 4) is 17.2 Å². The number of hydrogen-bond donors (Lipinski definition) is 1. The van der Waals surface area contributed by atoms with Crippen LogP contribution in [0.2, 0.25) is 0 Å². The summed E-state index contributed by atoms with van der Waals surface area (Å²) in [5.41, 5.74) is 2.78. The first-order valence-corrected chi connectivity index (χ1v) is 9.30. The van der Waals surface area contributed by atoms with Gasteiger partial charge in [-0.25, -0.2) is 4.68 Å². The molecule has 0 radical (unpaired) electrons. The molecule has 1 N–H and O–H groups in total. The van der Waals surface area contributed by atoms with Crippen LogP contribution in [0.15, 0.2) is 48.7 Å². The largest absolute Gasteiger partial charge is 0.493 e. The van der Waals surface area contributed by atoms with E-state index >= 15 is 0 Å². The minimum atomic E-state index is -0.299. The van der Waals surface area contributed by atoms with Gasteiger partial charge in [0.1, 0.15) is 5.82 Å². The molecule has 0 aliphatic heterocycles. The van der Waals surface area contributed by atoms with Gasteiger partial charge < -0.3 is 19.5 Å². The molecule has 0 aliphatic rings. The molecule has 0 spiro atoms. The third-order valence-corrected chi connectivity index (χ3v) is 4.65. The van der Waals surface area contributed by atoms with Crippen LogP contribution in [0.5, 0.6) is 17.2 Å².